The van der Waals surface area contributed by atoms with Crippen molar-refractivity contribution in [2.24, 2.45) is 0 Å². The summed E-state index contributed by atoms with van der Waals surface area (Å²) in [5, 5.41) is 0.177. The molecule has 0 N–H and O–H groups in total. The van der Waals surface area contributed by atoms with Gasteiger partial charge in [-0.05, 0) is 23.7 Å². The molecule has 0 aliphatic heterocycles. The Bertz CT molecular complexity index is 395. The Morgan fingerprint density at radius 1 is 1.18 bits per heavy atom. The highest BCUT2D eigenvalue weighted by molar-refractivity contribution is 6.74. The van der Waals surface area contributed by atoms with Gasteiger partial charge in [-0.15, -0.1) is 6.42 Å². The minimum Gasteiger partial charge on any atom is -0.399 e. The van der Waals surface area contributed by atoms with E-state index in [2.05, 4.69) is 39.8 Å². The van der Waals surface area contributed by atoms with E-state index >= 15 is 0 Å². The van der Waals surface area contributed by atoms with Crippen LogP contribution in [0.1, 0.15) is 32.4 Å². The lowest BCUT2D eigenvalue weighted by atomic mass is 10.1. The maximum absolute atomic E-state index is 6.24. The van der Waals surface area contributed by atoms with Crippen LogP contribution in [0.15, 0.2) is 30.3 Å². The van der Waals surface area contributed by atoms with Crippen LogP contribution in [0, 0.1) is 12.3 Å². The minimum atomic E-state index is -1.81. The van der Waals surface area contributed by atoms with Crippen LogP contribution in [0.5, 0.6) is 0 Å². The van der Waals surface area contributed by atoms with Crippen LogP contribution in [0.2, 0.25) is 18.1 Å². The number of benzene rings is 1. The molecular formula is C15H22OSi. The van der Waals surface area contributed by atoms with E-state index in [1.807, 2.05) is 30.3 Å². The molecule has 0 aromatic heterocycles. The molecule has 0 radical (unpaired) electrons. The van der Waals surface area contributed by atoms with Gasteiger partial charge in [-0.2, -0.15) is 0 Å². The lowest BCUT2D eigenvalue weighted by Gasteiger charge is -2.38. The fourth-order valence-electron chi connectivity index (χ4n) is 1.30. The summed E-state index contributed by atoms with van der Waals surface area (Å²) in [5.74, 6) is 2.76. The van der Waals surface area contributed by atoms with E-state index < -0.39 is 8.32 Å². The van der Waals surface area contributed by atoms with Crippen molar-refractivity contribution in [1.29, 1.82) is 0 Å². The fourth-order valence-corrected chi connectivity index (χ4v) is 2.44. The van der Waals surface area contributed by atoms with E-state index in [1.54, 1.807) is 0 Å². The molecule has 0 saturated carbocycles. The molecule has 92 valence electrons. The Morgan fingerprint density at radius 2 is 1.71 bits per heavy atom. The van der Waals surface area contributed by atoms with Crippen LogP contribution in [0.3, 0.4) is 0 Å². The van der Waals surface area contributed by atoms with Gasteiger partial charge in [0.25, 0.3) is 0 Å². The third-order valence-electron chi connectivity index (χ3n) is 3.47. The molecule has 0 saturated heterocycles. The molecule has 1 aromatic carbocycles. The van der Waals surface area contributed by atoms with Gasteiger partial charge in [0.2, 0.25) is 0 Å². The molecule has 0 fully saturated rings. The topological polar surface area (TPSA) is 9.23 Å². The summed E-state index contributed by atoms with van der Waals surface area (Å²) in [4.78, 5) is 0. The molecule has 1 nitrogen and oxygen atoms in total. The minimum absolute atomic E-state index is 0.177. The highest BCUT2D eigenvalue weighted by Crippen LogP contribution is 2.39. The third kappa shape index (κ3) is 3.46. The molecule has 0 spiro atoms. The standard InChI is InChI=1S/C15H22OSi/c1-7-14(13-11-9-8-10-12-13)16-17(5,6)15(2,3)4/h1,8-12,14H,2-6H3/t14-/m0/s1. The van der Waals surface area contributed by atoms with E-state index in [1.165, 1.54) is 0 Å². The number of rotatable bonds is 3. The summed E-state index contributed by atoms with van der Waals surface area (Å²) in [7, 11) is -1.81. The smallest absolute Gasteiger partial charge is 0.194 e. The van der Waals surface area contributed by atoms with Gasteiger partial charge in [0, 0.05) is 0 Å². The average Bonchev–Trinajstić information content (AvgIpc) is 2.25. The first kappa shape index (κ1) is 14.0. The first-order chi connectivity index (χ1) is 7.78. The first-order valence-corrected chi connectivity index (χ1v) is 8.87. The van der Waals surface area contributed by atoms with Crippen LogP contribution in [-0.2, 0) is 4.43 Å². The monoisotopic (exact) mass is 246 g/mol. The highest BCUT2D eigenvalue weighted by Gasteiger charge is 2.39. The highest BCUT2D eigenvalue weighted by atomic mass is 28.4. The first-order valence-electron chi connectivity index (χ1n) is 5.97. The van der Waals surface area contributed by atoms with Crippen molar-refractivity contribution in [2.75, 3.05) is 0 Å². The zero-order valence-electron chi connectivity index (χ0n) is 11.4. The van der Waals surface area contributed by atoms with Gasteiger partial charge in [-0.3, -0.25) is 0 Å². The van der Waals surface area contributed by atoms with E-state index in [-0.39, 0.29) is 11.1 Å². The maximum Gasteiger partial charge on any atom is 0.194 e. The second-order valence-corrected chi connectivity index (χ2v) is 10.6. The summed E-state index contributed by atoms with van der Waals surface area (Å²) in [6, 6.07) is 10.0. The van der Waals surface area contributed by atoms with Gasteiger partial charge in [0.15, 0.2) is 8.32 Å². The second-order valence-electron chi connectivity index (χ2n) is 5.84. The third-order valence-corrected chi connectivity index (χ3v) is 7.91. The fraction of sp³-hybridized carbons (Fsp3) is 0.467. The number of hydrogen-bond acceptors (Lipinski definition) is 1. The maximum atomic E-state index is 6.24. The van der Waals surface area contributed by atoms with E-state index in [0.29, 0.717) is 0 Å². The number of hydrogen-bond donors (Lipinski definition) is 0. The van der Waals surface area contributed by atoms with Gasteiger partial charge in [0.05, 0.1) is 0 Å². The van der Waals surface area contributed by atoms with Crippen molar-refractivity contribution in [2.45, 2.75) is 45.0 Å². The number of terminal acetylenes is 1. The van der Waals surface area contributed by atoms with Gasteiger partial charge < -0.3 is 4.43 Å². The Kier molecular flexibility index (Phi) is 4.19. The van der Waals surface area contributed by atoms with Crippen molar-refractivity contribution in [1.82, 2.24) is 0 Å². The summed E-state index contributed by atoms with van der Waals surface area (Å²) >= 11 is 0. The molecule has 1 rings (SSSR count). The Morgan fingerprint density at radius 3 is 2.12 bits per heavy atom. The van der Waals surface area contributed by atoms with Crippen molar-refractivity contribution in [3.8, 4) is 12.3 Å². The molecule has 0 amide bonds. The molecule has 2 heteroatoms. The van der Waals surface area contributed by atoms with Crippen LogP contribution in [0.25, 0.3) is 0 Å². The zero-order chi connectivity index (χ0) is 13.1. The molecule has 1 aromatic rings. The largest absolute Gasteiger partial charge is 0.399 e. The predicted octanol–water partition coefficient (Wildman–Crippen LogP) is 4.38. The lowest BCUT2D eigenvalue weighted by Crippen LogP contribution is -2.41. The van der Waals surface area contributed by atoms with Crippen LogP contribution in [0.4, 0.5) is 0 Å². The van der Waals surface area contributed by atoms with Gasteiger partial charge in [0.1, 0.15) is 6.10 Å². The Hall–Kier alpha value is -1.04. The quantitative estimate of drug-likeness (QED) is 0.568. The van der Waals surface area contributed by atoms with E-state index in [0.717, 1.165) is 5.56 Å². The molecule has 0 aliphatic rings. The van der Waals surface area contributed by atoms with Crippen molar-refractivity contribution < 1.29 is 4.43 Å². The van der Waals surface area contributed by atoms with Crippen molar-refractivity contribution in [3.05, 3.63) is 35.9 Å². The van der Waals surface area contributed by atoms with Crippen LogP contribution in [-0.4, -0.2) is 8.32 Å². The molecule has 0 aliphatic carbocycles. The van der Waals surface area contributed by atoms with Gasteiger partial charge in [-0.1, -0.05) is 57.0 Å². The molecule has 17 heavy (non-hydrogen) atoms. The lowest BCUT2D eigenvalue weighted by molar-refractivity contribution is 0.238. The molecule has 0 unspecified atom stereocenters. The normalized spacial score (nSPS) is 14.1. The SMILES string of the molecule is C#C[C@H](O[Si](C)(C)C(C)(C)C)c1ccccc1. The Balaban J connectivity index is 2.90. The molecular weight excluding hydrogens is 224 g/mol. The van der Waals surface area contributed by atoms with Crippen LogP contribution >= 0.6 is 0 Å². The van der Waals surface area contributed by atoms with Gasteiger partial charge in [-0.25, -0.2) is 0 Å². The summed E-state index contributed by atoms with van der Waals surface area (Å²) in [6.45, 7) is 11.1. The molecule has 0 heterocycles. The molecule has 1 atom stereocenters. The van der Waals surface area contributed by atoms with Crippen LogP contribution < -0.4 is 0 Å². The summed E-state index contributed by atoms with van der Waals surface area (Å²) < 4.78 is 6.24. The molecule has 0 bridgehead atoms. The Labute approximate surface area is 106 Å². The zero-order valence-corrected chi connectivity index (χ0v) is 12.4. The average molecular weight is 246 g/mol. The predicted molar refractivity (Wildman–Crippen MR) is 76.3 cm³/mol. The van der Waals surface area contributed by atoms with E-state index in [4.69, 9.17) is 10.8 Å². The van der Waals surface area contributed by atoms with Crippen molar-refractivity contribution in [3.63, 3.8) is 0 Å². The van der Waals surface area contributed by atoms with Gasteiger partial charge >= 0.3 is 0 Å². The summed E-state index contributed by atoms with van der Waals surface area (Å²) in [6.07, 6.45) is 5.38. The van der Waals surface area contributed by atoms with Crippen molar-refractivity contribution >= 4 is 8.32 Å². The second kappa shape index (κ2) is 5.08. The summed E-state index contributed by atoms with van der Waals surface area (Å²) in [5.41, 5.74) is 1.07. The van der Waals surface area contributed by atoms with E-state index in [9.17, 15) is 0 Å².